The fraction of sp³-hybridized carbons (Fsp3) is 0.333. The fourth-order valence-electron chi connectivity index (χ4n) is 1.57. The number of nitrogens with one attached hydrogen (secondary N) is 2. The summed E-state index contributed by atoms with van der Waals surface area (Å²) in [6.45, 7) is 0. The zero-order valence-electron chi connectivity index (χ0n) is 7.30. The van der Waals surface area contributed by atoms with Crippen LogP contribution in [0.25, 0.3) is 0 Å². The number of aliphatic hydroxyl groups excluding tert-OH is 1. The maximum absolute atomic E-state index is 13.2. The molecule has 0 aliphatic carbocycles. The maximum Gasteiger partial charge on any atom is 0.130 e. The van der Waals surface area contributed by atoms with Gasteiger partial charge in [0.25, 0.3) is 0 Å². The van der Waals surface area contributed by atoms with Gasteiger partial charge >= 0.3 is 0 Å². The third-order valence-electron chi connectivity index (χ3n) is 2.23. The molecule has 76 valence electrons. The van der Waals surface area contributed by atoms with Crippen LogP contribution < -0.4 is 10.9 Å². The Kier molecular flexibility index (Phi) is 2.45. The van der Waals surface area contributed by atoms with Crippen molar-refractivity contribution in [1.29, 1.82) is 0 Å². The number of rotatable bonds is 1. The quantitative estimate of drug-likeness (QED) is 0.629. The molecular formula is C9H10F2N2O. The van der Waals surface area contributed by atoms with Crippen LogP contribution in [0.5, 0.6) is 0 Å². The van der Waals surface area contributed by atoms with E-state index in [1.807, 2.05) is 0 Å². The predicted octanol–water partition coefficient (Wildman–Crippen LogP) is 0.822. The molecule has 2 atom stereocenters. The minimum Gasteiger partial charge on any atom is -0.377 e. The van der Waals surface area contributed by atoms with Crippen molar-refractivity contribution >= 4 is 0 Å². The Hall–Kier alpha value is -1.04. The van der Waals surface area contributed by atoms with E-state index < -0.39 is 23.9 Å². The molecule has 0 radical (unpaired) electrons. The van der Waals surface area contributed by atoms with Gasteiger partial charge in [-0.25, -0.2) is 19.6 Å². The van der Waals surface area contributed by atoms with Crippen molar-refractivity contribution in [2.24, 2.45) is 0 Å². The molecule has 1 aliphatic rings. The van der Waals surface area contributed by atoms with Crippen LogP contribution >= 0.6 is 0 Å². The highest BCUT2D eigenvalue weighted by Gasteiger charge is 2.27. The van der Waals surface area contributed by atoms with E-state index >= 15 is 0 Å². The van der Waals surface area contributed by atoms with Crippen LogP contribution in [-0.4, -0.2) is 11.3 Å². The van der Waals surface area contributed by atoms with Gasteiger partial charge in [0.15, 0.2) is 0 Å². The molecule has 1 aromatic carbocycles. The van der Waals surface area contributed by atoms with Crippen LogP contribution in [0.2, 0.25) is 0 Å². The molecular weight excluding hydrogens is 190 g/mol. The summed E-state index contributed by atoms with van der Waals surface area (Å²) in [6, 6.07) is 3.19. The van der Waals surface area contributed by atoms with E-state index in [9.17, 15) is 8.78 Å². The van der Waals surface area contributed by atoms with Gasteiger partial charge in [-0.2, -0.15) is 0 Å². The summed E-state index contributed by atoms with van der Waals surface area (Å²) in [6.07, 6.45) is -0.517. The van der Waals surface area contributed by atoms with Crippen molar-refractivity contribution in [2.45, 2.75) is 18.7 Å². The molecule has 0 amide bonds. The van der Waals surface area contributed by atoms with Crippen LogP contribution in [0.15, 0.2) is 18.2 Å². The second-order valence-electron chi connectivity index (χ2n) is 3.23. The fourth-order valence-corrected chi connectivity index (χ4v) is 1.57. The second-order valence-corrected chi connectivity index (χ2v) is 3.23. The summed E-state index contributed by atoms with van der Waals surface area (Å²) < 4.78 is 26.5. The standard InChI is InChI=1S/C9H10F2N2O/c10-5-2-1-3-6(11)9(5)7-4-8(14)13-12-7/h1-3,7-8,12-14H,4H2. The smallest absolute Gasteiger partial charge is 0.130 e. The van der Waals surface area contributed by atoms with Gasteiger partial charge in [0.1, 0.15) is 17.9 Å². The molecule has 5 heteroatoms. The van der Waals surface area contributed by atoms with E-state index in [1.54, 1.807) is 0 Å². The van der Waals surface area contributed by atoms with E-state index in [2.05, 4.69) is 10.9 Å². The Morgan fingerprint density at radius 3 is 2.36 bits per heavy atom. The SMILES string of the molecule is OC1CC(c2c(F)cccc2F)NN1. The average Bonchev–Trinajstić information content (AvgIpc) is 2.51. The van der Waals surface area contributed by atoms with Crippen molar-refractivity contribution in [3.8, 4) is 0 Å². The Balaban J connectivity index is 2.31. The molecule has 14 heavy (non-hydrogen) atoms. The van der Waals surface area contributed by atoms with Gasteiger partial charge in [-0.05, 0) is 12.1 Å². The minimum atomic E-state index is -0.765. The molecule has 1 heterocycles. The van der Waals surface area contributed by atoms with E-state index in [4.69, 9.17) is 5.11 Å². The van der Waals surface area contributed by atoms with Crippen molar-refractivity contribution < 1.29 is 13.9 Å². The first-order chi connectivity index (χ1) is 6.68. The van der Waals surface area contributed by atoms with Gasteiger partial charge in [0, 0.05) is 12.0 Å². The third kappa shape index (κ3) is 1.61. The number of hydrogen-bond donors (Lipinski definition) is 3. The van der Waals surface area contributed by atoms with E-state index in [0.29, 0.717) is 0 Å². The van der Waals surface area contributed by atoms with Crippen molar-refractivity contribution in [1.82, 2.24) is 10.9 Å². The second kappa shape index (κ2) is 3.61. The number of hydrazine groups is 1. The van der Waals surface area contributed by atoms with Crippen LogP contribution in [0.1, 0.15) is 18.0 Å². The zero-order chi connectivity index (χ0) is 10.1. The highest BCUT2D eigenvalue weighted by molar-refractivity contribution is 5.23. The lowest BCUT2D eigenvalue weighted by molar-refractivity contribution is 0.153. The third-order valence-corrected chi connectivity index (χ3v) is 2.23. The van der Waals surface area contributed by atoms with Crippen LogP contribution in [0.3, 0.4) is 0 Å². The summed E-state index contributed by atoms with van der Waals surface area (Å²) in [5.74, 6) is -1.20. The van der Waals surface area contributed by atoms with E-state index in [1.165, 1.54) is 18.2 Å². The van der Waals surface area contributed by atoms with Gasteiger partial charge in [0.2, 0.25) is 0 Å². The Morgan fingerprint density at radius 2 is 1.86 bits per heavy atom. The van der Waals surface area contributed by atoms with Gasteiger partial charge in [-0.3, -0.25) is 0 Å². The molecule has 2 rings (SSSR count). The molecule has 0 aromatic heterocycles. The topological polar surface area (TPSA) is 44.3 Å². The number of benzene rings is 1. The first-order valence-corrected chi connectivity index (χ1v) is 4.31. The molecule has 1 saturated heterocycles. The molecule has 1 aromatic rings. The molecule has 1 aliphatic heterocycles. The van der Waals surface area contributed by atoms with Crippen molar-refractivity contribution in [2.75, 3.05) is 0 Å². The lowest BCUT2D eigenvalue weighted by Gasteiger charge is -2.11. The summed E-state index contributed by atoms with van der Waals surface area (Å²) in [4.78, 5) is 0. The summed E-state index contributed by atoms with van der Waals surface area (Å²) >= 11 is 0. The minimum absolute atomic E-state index is 0.0310. The Morgan fingerprint density at radius 1 is 1.21 bits per heavy atom. The van der Waals surface area contributed by atoms with Crippen LogP contribution in [0, 0.1) is 11.6 Å². The maximum atomic E-state index is 13.2. The summed E-state index contributed by atoms with van der Waals surface area (Å²) in [5.41, 5.74) is 5.09. The largest absolute Gasteiger partial charge is 0.377 e. The van der Waals surface area contributed by atoms with Crippen LogP contribution in [-0.2, 0) is 0 Å². The lowest BCUT2D eigenvalue weighted by Crippen LogP contribution is -2.30. The Labute approximate surface area is 79.7 Å². The lowest BCUT2D eigenvalue weighted by atomic mass is 10.0. The van der Waals surface area contributed by atoms with E-state index in [-0.39, 0.29) is 12.0 Å². The van der Waals surface area contributed by atoms with Gasteiger partial charge in [-0.15, -0.1) is 0 Å². The highest BCUT2D eigenvalue weighted by atomic mass is 19.1. The highest BCUT2D eigenvalue weighted by Crippen LogP contribution is 2.26. The average molecular weight is 200 g/mol. The summed E-state index contributed by atoms with van der Waals surface area (Å²) in [7, 11) is 0. The van der Waals surface area contributed by atoms with Gasteiger partial charge < -0.3 is 5.11 Å². The zero-order valence-corrected chi connectivity index (χ0v) is 7.30. The molecule has 0 spiro atoms. The molecule has 1 fully saturated rings. The number of hydrogen-bond acceptors (Lipinski definition) is 3. The molecule has 0 bridgehead atoms. The normalized spacial score (nSPS) is 26.8. The van der Waals surface area contributed by atoms with Gasteiger partial charge in [-0.1, -0.05) is 6.07 Å². The first kappa shape index (κ1) is 9.51. The number of aliphatic hydroxyl groups is 1. The monoisotopic (exact) mass is 200 g/mol. The van der Waals surface area contributed by atoms with Gasteiger partial charge in [0.05, 0.1) is 6.04 Å². The van der Waals surface area contributed by atoms with Crippen molar-refractivity contribution in [3.63, 3.8) is 0 Å². The van der Waals surface area contributed by atoms with Crippen molar-refractivity contribution in [3.05, 3.63) is 35.4 Å². The first-order valence-electron chi connectivity index (χ1n) is 4.31. The molecule has 0 saturated carbocycles. The van der Waals surface area contributed by atoms with E-state index in [0.717, 1.165) is 0 Å². The molecule has 2 unspecified atom stereocenters. The molecule has 3 N–H and O–H groups in total. The summed E-state index contributed by atoms with van der Waals surface area (Å²) in [5, 5.41) is 9.12. The Bertz CT molecular complexity index is 325. The molecule has 3 nitrogen and oxygen atoms in total. The number of halogens is 2. The van der Waals surface area contributed by atoms with Crippen LogP contribution in [0.4, 0.5) is 8.78 Å². The predicted molar refractivity (Wildman–Crippen MR) is 46.0 cm³/mol.